The van der Waals surface area contributed by atoms with Crippen LogP contribution in [0.4, 0.5) is 0 Å². The molecule has 1 atom stereocenters. The number of sulfonamides is 1. The summed E-state index contributed by atoms with van der Waals surface area (Å²) in [5.74, 6) is 0. The predicted molar refractivity (Wildman–Crippen MR) is 87.1 cm³/mol. The van der Waals surface area contributed by atoms with E-state index < -0.39 is 10.0 Å². The van der Waals surface area contributed by atoms with Gasteiger partial charge in [-0.25, -0.2) is 13.1 Å². The fourth-order valence-corrected chi connectivity index (χ4v) is 4.03. The van der Waals surface area contributed by atoms with Crippen LogP contribution in [0.3, 0.4) is 0 Å². The van der Waals surface area contributed by atoms with E-state index in [-0.39, 0.29) is 6.04 Å². The molecule has 0 amide bonds. The maximum absolute atomic E-state index is 12.3. The second-order valence-corrected chi connectivity index (χ2v) is 7.55. The Balaban J connectivity index is 2.08. The third-order valence-corrected chi connectivity index (χ3v) is 5.81. The lowest BCUT2D eigenvalue weighted by Gasteiger charge is -2.13. The van der Waals surface area contributed by atoms with Crippen LogP contribution in [0.1, 0.15) is 23.4 Å². The van der Waals surface area contributed by atoms with E-state index in [0.717, 1.165) is 23.4 Å². The number of benzene rings is 1. The topological polar surface area (TPSA) is 58.2 Å². The molecule has 4 nitrogen and oxygen atoms in total. The summed E-state index contributed by atoms with van der Waals surface area (Å²) in [5, 5.41) is 5.01. The van der Waals surface area contributed by atoms with Gasteiger partial charge in [-0.1, -0.05) is 18.2 Å². The Morgan fingerprint density at radius 1 is 1.19 bits per heavy atom. The van der Waals surface area contributed by atoms with Gasteiger partial charge in [0.25, 0.3) is 0 Å². The molecule has 2 aromatic rings. The minimum atomic E-state index is -3.48. The molecule has 0 aliphatic rings. The van der Waals surface area contributed by atoms with E-state index in [4.69, 9.17) is 0 Å². The fourth-order valence-electron chi connectivity index (χ4n) is 2.00. The molecule has 0 bridgehead atoms. The normalized spacial score (nSPS) is 13.2. The molecule has 114 valence electrons. The molecule has 0 spiro atoms. The molecule has 0 fully saturated rings. The molecule has 1 aromatic heterocycles. The lowest BCUT2D eigenvalue weighted by atomic mass is 10.1. The minimum absolute atomic E-state index is 0.223. The first kappa shape index (κ1) is 16.2. The summed E-state index contributed by atoms with van der Waals surface area (Å²) in [4.78, 5) is 1.31. The quantitative estimate of drug-likeness (QED) is 0.823. The molecule has 21 heavy (non-hydrogen) atoms. The summed E-state index contributed by atoms with van der Waals surface area (Å²) in [5.41, 5.74) is 1.12. The molecule has 2 rings (SSSR count). The van der Waals surface area contributed by atoms with Crippen LogP contribution in [0.2, 0.25) is 0 Å². The van der Waals surface area contributed by atoms with Crippen LogP contribution in [0, 0.1) is 0 Å². The van der Waals surface area contributed by atoms with Crippen molar-refractivity contribution in [2.24, 2.45) is 0 Å². The van der Waals surface area contributed by atoms with Crippen molar-refractivity contribution in [3.63, 3.8) is 0 Å². The van der Waals surface area contributed by atoms with E-state index in [1.165, 1.54) is 0 Å². The highest BCUT2D eigenvalue weighted by Gasteiger charge is 2.18. The zero-order valence-corrected chi connectivity index (χ0v) is 13.8. The van der Waals surface area contributed by atoms with E-state index in [0.29, 0.717) is 4.90 Å². The summed E-state index contributed by atoms with van der Waals surface area (Å²) < 4.78 is 27.4. The van der Waals surface area contributed by atoms with Crippen molar-refractivity contribution in [2.75, 3.05) is 13.6 Å². The van der Waals surface area contributed by atoms with Gasteiger partial charge in [-0.15, -0.1) is 11.3 Å². The van der Waals surface area contributed by atoms with Crippen LogP contribution < -0.4 is 10.0 Å². The Morgan fingerprint density at radius 2 is 1.90 bits per heavy atom. The number of thiophene rings is 1. The van der Waals surface area contributed by atoms with Gasteiger partial charge in [-0.3, -0.25) is 0 Å². The zero-order valence-electron chi connectivity index (χ0n) is 12.2. The number of likely N-dealkylation sites (N-methyl/N-ethyl adjacent to an activating group) is 1. The first-order chi connectivity index (χ1) is 10.0. The first-order valence-corrected chi connectivity index (χ1v) is 9.18. The summed E-state index contributed by atoms with van der Waals surface area (Å²) in [6, 6.07) is 10.7. The molecule has 6 heteroatoms. The second kappa shape index (κ2) is 7.17. The van der Waals surface area contributed by atoms with Crippen LogP contribution in [-0.2, 0) is 16.4 Å². The van der Waals surface area contributed by atoms with Gasteiger partial charge in [0.15, 0.2) is 0 Å². The molecular weight excluding hydrogens is 304 g/mol. The highest BCUT2D eigenvalue weighted by atomic mass is 32.2. The van der Waals surface area contributed by atoms with Crippen LogP contribution >= 0.6 is 11.3 Å². The SMILES string of the molecule is CNCCc1ccc(S(=O)(=O)NC(C)c2cccs2)cc1. The maximum atomic E-state index is 12.3. The van der Waals surface area contributed by atoms with E-state index >= 15 is 0 Å². The van der Waals surface area contributed by atoms with Crippen LogP contribution in [0.15, 0.2) is 46.7 Å². The lowest BCUT2D eigenvalue weighted by molar-refractivity contribution is 0.568. The standard InChI is InChI=1S/C15H20N2O2S2/c1-12(15-4-3-11-20-15)17-21(18,19)14-7-5-13(6-8-14)9-10-16-2/h3-8,11-12,16-17H,9-10H2,1-2H3. The van der Waals surface area contributed by atoms with E-state index in [2.05, 4.69) is 10.0 Å². The monoisotopic (exact) mass is 324 g/mol. The Morgan fingerprint density at radius 3 is 2.48 bits per heavy atom. The van der Waals surface area contributed by atoms with Gasteiger partial charge in [-0.05, 0) is 56.1 Å². The Labute approximate surface area is 130 Å². The van der Waals surface area contributed by atoms with Gasteiger partial charge in [0.1, 0.15) is 0 Å². The molecule has 1 aromatic carbocycles. The Kier molecular flexibility index (Phi) is 5.52. The molecule has 2 N–H and O–H groups in total. The molecule has 0 radical (unpaired) electrons. The van der Waals surface area contributed by atoms with Crippen molar-refractivity contribution >= 4 is 21.4 Å². The van der Waals surface area contributed by atoms with Crippen molar-refractivity contribution in [3.05, 3.63) is 52.2 Å². The van der Waals surface area contributed by atoms with Gasteiger partial charge < -0.3 is 5.32 Å². The number of hydrogen-bond donors (Lipinski definition) is 2. The van der Waals surface area contributed by atoms with Crippen molar-refractivity contribution in [2.45, 2.75) is 24.3 Å². The van der Waals surface area contributed by atoms with Crippen LogP contribution in [-0.4, -0.2) is 22.0 Å². The largest absolute Gasteiger partial charge is 0.319 e. The molecule has 0 saturated heterocycles. The molecule has 1 unspecified atom stereocenters. The number of nitrogens with one attached hydrogen (secondary N) is 2. The summed E-state index contributed by atoms with van der Waals surface area (Å²) in [7, 11) is -1.58. The maximum Gasteiger partial charge on any atom is 0.241 e. The van der Waals surface area contributed by atoms with Gasteiger partial charge in [0, 0.05) is 4.88 Å². The van der Waals surface area contributed by atoms with Crippen LogP contribution in [0.25, 0.3) is 0 Å². The van der Waals surface area contributed by atoms with Crippen molar-refractivity contribution < 1.29 is 8.42 Å². The Bertz CT molecular complexity index is 649. The average molecular weight is 324 g/mol. The fraction of sp³-hybridized carbons (Fsp3) is 0.333. The van der Waals surface area contributed by atoms with Crippen molar-refractivity contribution in [1.29, 1.82) is 0 Å². The third kappa shape index (κ3) is 4.38. The van der Waals surface area contributed by atoms with E-state index in [9.17, 15) is 8.42 Å². The molecule has 0 aliphatic heterocycles. The number of hydrogen-bond acceptors (Lipinski definition) is 4. The zero-order chi connectivity index (χ0) is 15.3. The lowest BCUT2D eigenvalue weighted by Crippen LogP contribution is -2.26. The van der Waals surface area contributed by atoms with E-state index in [1.807, 2.05) is 43.6 Å². The molecule has 0 saturated carbocycles. The molecule has 0 aliphatic carbocycles. The van der Waals surface area contributed by atoms with E-state index in [1.54, 1.807) is 23.5 Å². The summed E-state index contributed by atoms with van der Waals surface area (Å²) in [6.07, 6.45) is 0.885. The van der Waals surface area contributed by atoms with Crippen LogP contribution in [0.5, 0.6) is 0 Å². The van der Waals surface area contributed by atoms with Crippen molar-refractivity contribution in [1.82, 2.24) is 10.0 Å². The van der Waals surface area contributed by atoms with Gasteiger partial charge in [0.2, 0.25) is 10.0 Å². The smallest absolute Gasteiger partial charge is 0.241 e. The highest BCUT2D eigenvalue weighted by Crippen LogP contribution is 2.21. The summed E-state index contributed by atoms with van der Waals surface area (Å²) in [6.45, 7) is 2.73. The average Bonchev–Trinajstić information content (AvgIpc) is 2.99. The minimum Gasteiger partial charge on any atom is -0.319 e. The predicted octanol–water partition coefficient (Wildman–Crippen LogP) is 2.55. The third-order valence-electron chi connectivity index (χ3n) is 3.20. The number of rotatable bonds is 7. The highest BCUT2D eigenvalue weighted by molar-refractivity contribution is 7.89. The van der Waals surface area contributed by atoms with Gasteiger partial charge in [-0.2, -0.15) is 0 Å². The first-order valence-electron chi connectivity index (χ1n) is 6.82. The molecular formula is C15H20N2O2S2. The van der Waals surface area contributed by atoms with Gasteiger partial charge >= 0.3 is 0 Å². The summed E-state index contributed by atoms with van der Waals surface area (Å²) >= 11 is 1.54. The molecule has 1 heterocycles. The van der Waals surface area contributed by atoms with Gasteiger partial charge in [0.05, 0.1) is 10.9 Å². The second-order valence-electron chi connectivity index (χ2n) is 4.86. The van der Waals surface area contributed by atoms with Crippen molar-refractivity contribution in [3.8, 4) is 0 Å². The Hall–Kier alpha value is -1.21.